The summed E-state index contributed by atoms with van der Waals surface area (Å²) < 4.78 is 5.19. The number of nitrogens with zero attached hydrogens (tertiary/aromatic N) is 1. The van der Waals surface area contributed by atoms with E-state index in [0.717, 1.165) is 24.2 Å². The third-order valence-electron chi connectivity index (χ3n) is 5.06. The number of aliphatic hydroxyl groups excluding tert-OH is 1. The van der Waals surface area contributed by atoms with Crippen molar-refractivity contribution in [2.45, 2.75) is 45.1 Å². The Bertz CT molecular complexity index is 532. The molecule has 5 nitrogen and oxygen atoms in total. The molecule has 1 fully saturated rings. The third-order valence-corrected chi connectivity index (χ3v) is 5.06. The molecular formula is C19H30N2O3. The Hall–Kier alpha value is -1.75. The van der Waals surface area contributed by atoms with Crippen molar-refractivity contribution in [3.63, 3.8) is 0 Å². The van der Waals surface area contributed by atoms with Crippen LogP contribution in [0.2, 0.25) is 0 Å². The molecule has 1 heterocycles. The highest BCUT2D eigenvalue weighted by Gasteiger charge is 2.27. The van der Waals surface area contributed by atoms with Gasteiger partial charge in [0.25, 0.3) is 0 Å². The summed E-state index contributed by atoms with van der Waals surface area (Å²) in [5.41, 5.74) is 1.01. The Balaban J connectivity index is 1.86. The maximum atomic E-state index is 12.4. The quantitative estimate of drug-likeness (QED) is 0.870. The van der Waals surface area contributed by atoms with Crippen molar-refractivity contribution in [2.75, 3.05) is 26.7 Å². The van der Waals surface area contributed by atoms with E-state index in [1.807, 2.05) is 36.1 Å². The highest BCUT2D eigenvalue weighted by atomic mass is 16.5. The number of rotatable bonds is 5. The number of benzene rings is 1. The van der Waals surface area contributed by atoms with E-state index in [-0.39, 0.29) is 17.6 Å². The third kappa shape index (κ3) is 4.63. The zero-order valence-corrected chi connectivity index (χ0v) is 15.2. The number of hydrogen-bond acceptors (Lipinski definition) is 3. The largest absolute Gasteiger partial charge is 0.497 e. The van der Waals surface area contributed by atoms with Gasteiger partial charge in [-0.1, -0.05) is 26.0 Å². The van der Waals surface area contributed by atoms with Crippen molar-refractivity contribution in [3.8, 4) is 5.75 Å². The second-order valence-corrected chi connectivity index (χ2v) is 7.34. The van der Waals surface area contributed by atoms with E-state index in [1.165, 1.54) is 0 Å². The van der Waals surface area contributed by atoms with Crippen LogP contribution in [-0.2, 0) is 5.41 Å². The highest BCUT2D eigenvalue weighted by Crippen LogP contribution is 2.25. The summed E-state index contributed by atoms with van der Waals surface area (Å²) in [7, 11) is 1.65. The summed E-state index contributed by atoms with van der Waals surface area (Å²) in [4.78, 5) is 14.2. The first-order valence-corrected chi connectivity index (χ1v) is 8.69. The molecule has 1 aliphatic rings. The van der Waals surface area contributed by atoms with E-state index < -0.39 is 0 Å². The van der Waals surface area contributed by atoms with Crippen LogP contribution < -0.4 is 10.1 Å². The number of carbonyl (C=O) groups is 1. The molecule has 2 amide bonds. The van der Waals surface area contributed by atoms with Gasteiger partial charge in [0.2, 0.25) is 0 Å². The first-order valence-electron chi connectivity index (χ1n) is 8.69. The van der Waals surface area contributed by atoms with Gasteiger partial charge in [-0.3, -0.25) is 0 Å². The molecule has 24 heavy (non-hydrogen) atoms. The van der Waals surface area contributed by atoms with Gasteiger partial charge >= 0.3 is 6.03 Å². The molecule has 0 radical (unpaired) electrons. The SMILES string of the molecule is COc1ccc(C(C)(C)CNC(=O)N2CCC(C(C)O)CC2)cc1. The molecule has 0 aromatic heterocycles. The molecule has 1 aromatic rings. The van der Waals surface area contributed by atoms with Crippen LogP contribution in [0.3, 0.4) is 0 Å². The molecular weight excluding hydrogens is 304 g/mol. The molecule has 5 heteroatoms. The average Bonchev–Trinajstić information content (AvgIpc) is 2.60. The lowest BCUT2D eigenvalue weighted by molar-refractivity contribution is 0.0796. The van der Waals surface area contributed by atoms with Crippen molar-refractivity contribution in [1.82, 2.24) is 10.2 Å². The molecule has 2 N–H and O–H groups in total. The van der Waals surface area contributed by atoms with Crippen LogP contribution in [0, 0.1) is 5.92 Å². The van der Waals surface area contributed by atoms with E-state index >= 15 is 0 Å². The summed E-state index contributed by atoms with van der Waals surface area (Å²) in [6.45, 7) is 8.07. The first kappa shape index (κ1) is 18.6. The molecule has 134 valence electrons. The van der Waals surface area contributed by atoms with Crippen LogP contribution in [0.5, 0.6) is 5.75 Å². The van der Waals surface area contributed by atoms with E-state index in [9.17, 15) is 9.90 Å². The Morgan fingerprint density at radius 1 is 1.33 bits per heavy atom. The summed E-state index contributed by atoms with van der Waals surface area (Å²) in [5, 5.41) is 12.7. The van der Waals surface area contributed by atoms with Crippen LogP contribution in [0.15, 0.2) is 24.3 Å². The van der Waals surface area contributed by atoms with E-state index in [1.54, 1.807) is 7.11 Å². The first-order chi connectivity index (χ1) is 11.3. The number of likely N-dealkylation sites (tertiary alicyclic amines) is 1. The fourth-order valence-corrected chi connectivity index (χ4v) is 3.14. The lowest BCUT2D eigenvalue weighted by Gasteiger charge is -2.34. The van der Waals surface area contributed by atoms with Crippen LogP contribution in [-0.4, -0.2) is 48.9 Å². The zero-order valence-electron chi connectivity index (χ0n) is 15.2. The molecule has 1 aromatic carbocycles. The van der Waals surface area contributed by atoms with E-state index in [2.05, 4.69) is 19.2 Å². The lowest BCUT2D eigenvalue weighted by Crippen LogP contribution is -2.48. The average molecular weight is 334 g/mol. The van der Waals surface area contributed by atoms with Crippen molar-refractivity contribution in [3.05, 3.63) is 29.8 Å². The summed E-state index contributed by atoms with van der Waals surface area (Å²) >= 11 is 0. The topological polar surface area (TPSA) is 61.8 Å². The van der Waals surface area contributed by atoms with Gasteiger partial charge in [-0.15, -0.1) is 0 Å². The predicted molar refractivity (Wildman–Crippen MR) is 95.4 cm³/mol. The van der Waals surface area contributed by atoms with Crippen LogP contribution >= 0.6 is 0 Å². The maximum absolute atomic E-state index is 12.4. The van der Waals surface area contributed by atoms with Gasteiger partial charge in [0, 0.05) is 25.0 Å². The van der Waals surface area contributed by atoms with Crippen LogP contribution in [0.1, 0.15) is 39.2 Å². The zero-order chi connectivity index (χ0) is 17.7. The highest BCUT2D eigenvalue weighted by molar-refractivity contribution is 5.74. The van der Waals surface area contributed by atoms with Gasteiger partial charge in [0.05, 0.1) is 13.2 Å². The number of carbonyl (C=O) groups excluding carboxylic acids is 1. The number of piperidine rings is 1. The molecule has 0 aliphatic carbocycles. The molecule has 1 unspecified atom stereocenters. The monoisotopic (exact) mass is 334 g/mol. The van der Waals surface area contributed by atoms with E-state index in [0.29, 0.717) is 25.6 Å². The fraction of sp³-hybridized carbons (Fsp3) is 0.632. The fourth-order valence-electron chi connectivity index (χ4n) is 3.14. The summed E-state index contributed by atoms with van der Waals surface area (Å²) in [6.07, 6.45) is 1.45. The lowest BCUT2D eigenvalue weighted by atomic mass is 9.84. The predicted octanol–water partition coefficient (Wildman–Crippen LogP) is 2.78. The molecule has 1 aliphatic heterocycles. The normalized spacial score (nSPS) is 17.5. The van der Waals surface area contributed by atoms with Gasteiger partial charge in [-0.2, -0.15) is 0 Å². The molecule has 1 saturated heterocycles. The number of hydrogen-bond donors (Lipinski definition) is 2. The minimum Gasteiger partial charge on any atom is -0.497 e. The van der Waals surface area contributed by atoms with Crippen molar-refractivity contribution in [2.24, 2.45) is 5.92 Å². The summed E-state index contributed by atoms with van der Waals surface area (Å²) in [6, 6.07) is 7.96. The second-order valence-electron chi connectivity index (χ2n) is 7.34. The maximum Gasteiger partial charge on any atom is 0.317 e. The number of amides is 2. The minimum absolute atomic E-state index is 0.0133. The van der Waals surface area contributed by atoms with E-state index in [4.69, 9.17) is 4.74 Å². The molecule has 0 bridgehead atoms. The smallest absolute Gasteiger partial charge is 0.317 e. The van der Waals surface area contributed by atoms with Gasteiger partial charge in [0.1, 0.15) is 5.75 Å². The number of urea groups is 1. The van der Waals surface area contributed by atoms with Crippen molar-refractivity contribution in [1.29, 1.82) is 0 Å². The molecule has 0 spiro atoms. The van der Waals surface area contributed by atoms with Gasteiger partial charge < -0.3 is 20.1 Å². The number of methoxy groups -OCH3 is 1. The Kier molecular flexibility index (Phi) is 6.10. The van der Waals surface area contributed by atoms with Crippen LogP contribution in [0.25, 0.3) is 0 Å². The number of nitrogens with one attached hydrogen (secondary N) is 1. The standard InChI is InChI=1S/C19H30N2O3/c1-14(22)15-9-11-21(12-10-15)18(23)20-13-19(2,3)16-5-7-17(24-4)8-6-16/h5-8,14-15,22H,9-13H2,1-4H3,(H,20,23). The Morgan fingerprint density at radius 2 is 1.92 bits per heavy atom. The summed E-state index contributed by atoms with van der Waals surface area (Å²) in [5.74, 6) is 1.14. The van der Waals surface area contributed by atoms with Crippen LogP contribution in [0.4, 0.5) is 4.79 Å². The van der Waals surface area contributed by atoms with Crippen molar-refractivity contribution >= 4 is 6.03 Å². The van der Waals surface area contributed by atoms with Gasteiger partial charge in [-0.25, -0.2) is 4.79 Å². The molecule has 2 rings (SSSR count). The molecule has 0 saturated carbocycles. The number of aliphatic hydroxyl groups is 1. The Labute approximate surface area is 145 Å². The molecule has 1 atom stereocenters. The van der Waals surface area contributed by atoms with Gasteiger partial charge in [-0.05, 0) is 43.4 Å². The Morgan fingerprint density at radius 3 is 2.42 bits per heavy atom. The van der Waals surface area contributed by atoms with Crippen molar-refractivity contribution < 1.29 is 14.6 Å². The van der Waals surface area contributed by atoms with Gasteiger partial charge in [0.15, 0.2) is 0 Å². The number of ether oxygens (including phenoxy) is 1. The second kappa shape index (κ2) is 7.88. The minimum atomic E-state index is -0.288.